The molecule has 1 atom stereocenters. The number of morpholine rings is 1. The molecule has 3 heterocycles. The number of fused-ring (bicyclic) bond motifs is 2. The van der Waals surface area contributed by atoms with E-state index in [0.29, 0.717) is 18.7 Å². The fourth-order valence-corrected chi connectivity index (χ4v) is 4.45. The monoisotopic (exact) mass is 440 g/mol. The number of hydrogen-bond donors (Lipinski definition) is 1. The summed E-state index contributed by atoms with van der Waals surface area (Å²) in [6, 6.07) is 20.1. The summed E-state index contributed by atoms with van der Waals surface area (Å²) in [5.41, 5.74) is 4.52. The number of pyridine rings is 2. The molecule has 168 valence electrons. The van der Waals surface area contributed by atoms with Gasteiger partial charge in [0.1, 0.15) is 6.10 Å². The fraction of sp³-hybridized carbons (Fsp3) is 0.296. The van der Waals surface area contributed by atoms with Gasteiger partial charge in [-0.2, -0.15) is 0 Å². The highest BCUT2D eigenvalue weighted by molar-refractivity contribution is 6.06. The Labute approximate surface area is 193 Å². The van der Waals surface area contributed by atoms with Gasteiger partial charge in [-0.3, -0.25) is 14.7 Å². The van der Waals surface area contributed by atoms with E-state index in [4.69, 9.17) is 9.72 Å². The van der Waals surface area contributed by atoms with Crippen molar-refractivity contribution in [2.45, 2.75) is 32.5 Å². The molecule has 2 aromatic carbocycles. The second-order valence-corrected chi connectivity index (χ2v) is 8.82. The Balaban J connectivity index is 1.43. The van der Waals surface area contributed by atoms with Crippen LogP contribution < -0.4 is 5.32 Å². The number of nitrogens with one attached hydrogen (secondary N) is 1. The highest BCUT2D eigenvalue weighted by Gasteiger charge is 2.25. The second-order valence-electron chi connectivity index (χ2n) is 8.82. The quantitative estimate of drug-likeness (QED) is 0.495. The SMILES string of the molecule is CC(C)NC(=O)c1cc([C@H]2CN(Cc3ccnc4ccccc34)CCO2)nc2ccccc12. The van der Waals surface area contributed by atoms with Crippen molar-refractivity contribution in [2.24, 2.45) is 0 Å². The summed E-state index contributed by atoms with van der Waals surface area (Å²) in [7, 11) is 0. The number of para-hydroxylation sites is 2. The first-order valence-corrected chi connectivity index (χ1v) is 11.5. The molecular formula is C27H28N4O2. The molecule has 1 fully saturated rings. The summed E-state index contributed by atoms with van der Waals surface area (Å²) < 4.78 is 6.14. The van der Waals surface area contributed by atoms with Gasteiger partial charge in [0.15, 0.2) is 0 Å². The summed E-state index contributed by atoms with van der Waals surface area (Å²) in [6.45, 7) is 6.93. The molecule has 1 amide bonds. The van der Waals surface area contributed by atoms with Gasteiger partial charge in [0.2, 0.25) is 0 Å². The van der Waals surface area contributed by atoms with Gasteiger partial charge in [-0.1, -0.05) is 36.4 Å². The molecule has 4 aromatic rings. The summed E-state index contributed by atoms with van der Waals surface area (Å²) in [5, 5.41) is 5.05. The fourth-order valence-electron chi connectivity index (χ4n) is 4.45. The third-order valence-corrected chi connectivity index (χ3v) is 6.01. The summed E-state index contributed by atoms with van der Waals surface area (Å²) in [6.07, 6.45) is 1.68. The van der Waals surface area contributed by atoms with E-state index in [1.54, 1.807) is 0 Å². The van der Waals surface area contributed by atoms with E-state index in [1.165, 1.54) is 10.9 Å². The van der Waals surface area contributed by atoms with Crippen LogP contribution in [0.1, 0.15) is 41.6 Å². The number of aromatic nitrogens is 2. The number of rotatable bonds is 5. The lowest BCUT2D eigenvalue weighted by molar-refractivity contribution is -0.0347. The first-order chi connectivity index (χ1) is 16.1. The molecule has 0 spiro atoms. The van der Waals surface area contributed by atoms with E-state index >= 15 is 0 Å². The Morgan fingerprint density at radius 1 is 1.09 bits per heavy atom. The Morgan fingerprint density at radius 2 is 1.85 bits per heavy atom. The first-order valence-electron chi connectivity index (χ1n) is 11.5. The van der Waals surface area contributed by atoms with Gasteiger partial charge in [0, 0.05) is 42.6 Å². The van der Waals surface area contributed by atoms with Gasteiger partial charge >= 0.3 is 0 Å². The maximum atomic E-state index is 12.9. The lowest BCUT2D eigenvalue weighted by atomic mass is 10.0. The van der Waals surface area contributed by atoms with Crippen LogP contribution in [0.4, 0.5) is 0 Å². The molecule has 1 aliphatic heterocycles. The van der Waals surface area contributed by atoms with Crippen LogP contribution in [0.5, 0.6) is 0 Å². The van der Waals surface area contributed by atoms with Crippen LogP contribution in [-0.2, 0) is 11.3 Å². The molecule has 1 N–H and O–H groups in total. The minimum Gasteiger partial charge on any atom is -0.369 e. The molecule has 0 bridgehead atoms. The lowest BCUT2D eigenvalue weighted by Gasteiger charge is -2.33. The van der Waals surface area contributed by atoms with E-state index in [-0.39, 0.29) is 18.1 Å². The molecule has 1 aliphatic rings. The van der Waals surface area contributed by atoms with Crippen LogP contribution in [0.25, 0.3) is 21.8 Å². The molecule has 6 nitrogen and oxygen atoms in total. The second kappa shape index (κ2) is 9.25. The maximum absolute atomic E-state index is 12.9. The maximum Gasteiger partial charge on any atom is 0.252 e. The summed E-state index contributed by atoms with van der Waals surface area (Å²) >= 11 is 0. The topological polar surface area (TPSA) is 67.4 Å². The minimum absolute atomic E-state index is 0.0597. The Bertz CT molecular complexity index is 1300. The van der Waals surface area contributed by atoms with E-state index in [2.05, 4.69) is 33.4 Å². The van der Waals surface area contributed by atoms with Crippen LogP contribution in [0.3, 0.4) is 0 Å². The first kappa shape index (κ1) is 21.5. The molecule has 2 aromatic heterocycles. The van der Waals surface area contributed by atoms with Gasteiger partial charge in [-0.05, 0) is 43.7 Å². The average Bonchev–Trinajstić information content (AvgIpc) is 2.83. The highest BCUT2D eigenvalue weighted by atomic mass is 16.5. The molecule has 0 aliphatic carbocycles. The molecule has 6 heteroatoms. The third kappa shape index (κ3) is 4.58. The van der Waals surface area contributed by atoms with Crippen molar-refractivity contribution in [3.8, 4) is 0 Å². The lowest BCUT2D eigenvalue weighted by Crippen LogP contribution is -2.38. The molecule has 33 heavy (non-hydrogen) atoms. The molecule has 0 unspecified atom stereocenters. The van der Waals surface area contributed by atoms with E-state index in [1.807, 2.05) is 62.5 Å². The highest BCUT2D eigenvalue weighted by Crippen LogP contribution is 2.27. The van der Waals surface area contributed by atoms with Crippen LogP contribution in [0.15, 0.2) is 66.9 Å². The molecule has 5 rings (SSSR count). The largest absolute Gasteiger partial charge is 0.369 e. The zero-order valence-electron chi connectivity index (χ0n) is 19.0. The molecule has 1 saturated heterocycles. The third-order valence-electron chi connectivity index (χ3n) is 6.01. The van der Waals surface area contributed by atoms with Gasteiger partial charge in [-0.25, -0.2) is 4.98 Å². The van der Waals surface area contributed by atoms with Crippen LogP contribution in [0.2, 0.25) is 0 Å². The van der Waals surface area contributed by atoms with Gasteiger partial charge in [0.25, 0.3) is 5.91 Å². The number of nitrogens with zero attached hydrogens (tertiary/aromatic N) is 3. The van der Waals surface area contributed by atoms with Crippen LogP contribution in [0, 0.1) is 0 Å². The van der Waals surface area contributed by atoms with Crippen LogP contribution in [-0.4, -0.2) is 46.5 Å². The molecule has 0 saturated carbocycles. The smallest absolute Gasteiger partial charge is 0.252 e. The summed E-state index contributed by atoms with van der Waals surface area (Å²) in [5.74, 6) is -0.0826. The Hall–Kier alpha value is -3.35. The number of ether oxygens (including phenoxy) is 1. The van der Waals surface area contributed by atoms with E-state index in [0.717, 1.165) is 35.2 Å². The standard InChI is InChI=1S/C27H28N4O2/c1-18(2)29-27(32)22-15-25(30-24-10-6-4-8-21(22)24)26-17-31(13-14-33-26)16-19-11-12-28-23-9-5-3-7-20(19)23/h3-12,15,18,26H,13-14,16-17H2,1-2H3,(H,29,32)/t26-/m1/s1. The molecular weight excluding hydrogens is 412 g/mol. The predicted molar refractivity (Wildman–Crippen MR) is 130 cm³/mol. The van der Waals surface area contributed by atoms with E-state index < -0.39 is 0 Å². The van der Waals surface area contributed by atoms with Crippen molar-refractivity contribution in [3.05, 3.63) is 83.7 Å². The zero-order valence-corrected chi connectivity index (χ0v) is 19.0. The summed E-state index contributed by atoms with van der Waals surface area (Å²) in [4.78, 5) is 24.7. The zero-order chi connectivity index (χ0) is 22.8. The average molecular weight is 441 g/mol. The van der Waals surface area contributed by atoms with Crippen molar-refractivity contribution < 1.29 is 9.53 Å². The number of carbonyl (C=O) groups is 1. The van der Waals surface area contributed by atoms with Crippen molar-refractivity contribution in [1.82, 2.24) is 20.2 Å². The normalized spacial score (nSPS) is 17.0. The number of benzene rings is 2. The van der Waals surface area contributed by atoms with Crippen LogP contribution >= 0.6 is 0 Å². The number of carbonyl (C=O) groups excluding carboxylic acids is 1. The predicted octanol–water partition coefficient (Wildman–Crippen LogP) is 4.49. The Kier molecular flexibility index (Phi) is 6.03. The number of amides is 1. The van der Waals surface area contributed by atoms with Crippen molar-refractivity contribution in [3.63, 3.8) is 0 Å². The Morgan fingerprint density at radius 3 is 2.67 bits per heavy atom. The van der Waals surface area contributed by atoms with E-state index in [9.17, 15) is 4.79 Å². The number of hydrogen-bond acceptors (Lipinski definition) is 5. The minimum atomic E-state index is -0.193. The van der Waals surface area contributed by atoms with Gasteiger partial charge in [0.05, 0.1) is 28.9 Å². The van der Waals surface area contributed by atoms with Crippen molar-refractivity contribution >= 4 is 27.7 Å². The van der Waals surface area contributed by atoms with Crippen molar-refractivity contribution in [2.75, 3.05) is 19.7 Å². The molecule has 0 radical (unpaired) electrons. The van der Waals surface area contributed by atoms with Gasteiger partial charge < -0.3 is 10.1 Å². The van der Waals surface area contributed by atoms with Crippen molar-refractivity contribution in [1.29, 1.82) is 0 Å². The van der Waals surface area contributed by atoms with Gasteiger partial charge in [-0.15, -0.1) is 0 Å².